The van der Waals surface area contributed by atoms with Gasteiger partial charge in [0, 0.05) is 41.3 Å². The molecule has 0 bridgehead atoms. The smallest absolute Gasteiger partial charge is 0.265 e. The number of halogens is 1. The van der Waals surface area contributed by atoms with Gasteiger partial charge >= 0.3 is 0 Å². The molecule has 43 heavy (non-hydrogen) atoms. The number of carbonyl (C=O) groups is 2. The third-order valence-electron chi connectivity index (χ3n) is 7.44. The summed E-state index contributed by atoms with van der Waals surface area (Å²) in [6.45, 7) is 6.14. The van der Waals surface area contributed by atoms with Gasteiger partial charge in [0.15, 0.2) is 0 Å². The summed E-state index contributed by atoms with van der Waals surface area (Å²) in [6.07, 6.45) is 0.733. The summed E-state index contributed by atoms with van der Waals surface area (Å²) in [5.41, 5.74) is 1.97. The van der Waals surface area contributed by atoms with Gasteiger partial charge in [-0.05, 0) is 68.0 Å². The molecule has 1 unspecified atom stereocenters. The van der Waals surface area contributed by atoms with E-state index < -0.39 is 21.6 Å². The van der Waals surface area contributed by atoms with Crippen LogP contribution in [-0.4, -0.2) is 43.3 Å². The summed E-state index contributed by atoms with van der Waals surface area (Å²) in [7, 11) is -3.72. The number of carbonyl (C=O) groups excluding carboxylic acids is 2. The zero-order chi connectivity index (χ0) is 30.8. The fourth-order valence-electron chi connectivity index (χ4n) is 5.56. The zero-order valence-corrected chi connectivity index (χ0v) is 27.0. The molecule has 7 nitrogen and oxygen atoms in total. The van der Waals surface area contributed by atoms with E-state index in [4.69, 9.17) is 0 Å². The number of nitrogens with zero attached hydrogens (tertiary/aromatic N) is 2. The Hall–Kier alpha value is -3.69. The fraction of sp³-hybridized carbons (Fsp3) is 0.294. The Morgan fingerprint density at radius 2 is 1.58 bits per heavy atom. The highest BCUT2D eigenvalue weighted by molar-refractivity contribution is 9.10. The van der Waals surface area contributed by atoms with E-state index in [1.54, 1.807) is 17.0 Å². The van der Waals surface area contributed by atoms with Gasteiger partial charge in [0.2, 0.25) is 11.8 Å². The molecule has 0 saturated carbocycles. The number of hydrogen-bond acceptors (Lipinski definition) is 4. The van der Waals surface area contributed by atoms with Gasteiger partial charge in [-0.25, -0.2) is 8.42 Å². The molecule has 0 saturated heterocycles. The van der Waals surface area contributed by atoms with Crippen LogP contribution in [0.5, 0.6) is 0 Å². The average molecular weight is 663 g/mol. The second-order valence-corrected chi connectivity index (χ2v) is 14.7. The number of anilines is 1. The minimum absolute atomic E-state index is 0.0838. The minimum atomic E-state index is -3.72. The van der Waals surface area contributed by atoms with Gasteiger partial charge < -0.3 is 10.2 Å². The van der Waals surface area contributed by atoms with Crippen molar-refractivity contribution in [2.24, 2.45) is 0 Å². The lowest BCUT2D eigenvalue weighted by Crippen LogP contribution is -2.54. The summed E-state index contributed by atoms with van der Waals surface area (Å²) in [6, 6.07) is 27.4. The zero-order valence-electron chi connectivity index (χ0n) is 24.6. The first-order chi connectivity index (χ1) is 20.4. The Morgan fingerprint density at radius 3 is 2.28 bits per heavy atom. The molecular weight excluding hydrogens is 626 g/mol. The molecule has 0 aliphatic carbocycles. The third-order valence-corrected chi connectivity index (χ3v) is 9.79. The van der Waals surface area contributed by atoms with Crippen molar-refractivity contribution in [2.45, 2.75) is 63.1 Å². The summed E-state index contributed by atoms with van der Waals surface area (Å²) in [5, 5.41) is 4.66. The average Bonchev–Trinajstić information content (AvgIpc) is 3.17. The van der Waals surface area contributed by atoms with E-state index >= 15 is 0 Å². The highest BCUT2D eigenvalue weighted by Crippen LogP contribution is 2.42. The molecule has 1 N–H and O–H groups in total. The van der Waals surface area contributed by atoms with Crippen LogP contribution in [-0.2, 0) is 32.6 Å². The van der Waals surface area contributed by atoms with E-state index in [0.717, 1.165) is 26.4 Å². The molecule has 2 amide bonds. The maximum Gasteiger partial charge on any atom is 0.265 e. The molecule has 1 aliphatic heterocycles. The quantitative estimate of drug-likeness (QED) is 0.212. The molecule has 1 aliphatic rings. The highest BCUT2D eigenvalue weighted by atomic mass is 79.9. The lowest BCUT2D eigenvalue weighted by molar-refractivity contribution is -0.142. The van der Waals surface area contributed by atoms with Crippen molar-refractivity contribution < 1.29 is 18.0 Å². The minimum Gasteiger partial charge on any atom is -0.350 e. The summed E-state index contributed by atoms with van der Waals surface area (Å²) >= 11 is 3.52. The van der Waals surface area contributed by atoms with Gasteiger partial charge in [0.1, 0.15) is 6.04 Å². The van der Waals surface area contributed by atoms with Gasteiger partial charge in [-0.3, -0.25) is 13.9 Å². The van der Waals surface area contributed by atoms with Crippen LogP contribution in [0.2, 0.25) is 0 Å². The molecule has 224 valence electrons. The van der Waals surface area contributed by atoms with Crippen LogP contribution >= 0.6 is 15.9 Å². The number of hydrogen-bond donors (Lipinski definition) is 1. The SMILES string of the molecule is CC(C)(C)NC(=O)C(Cc1ccccc1)N(Cc1cccc(Br)c1)C(=O)CCCN1c2cccc3cccc(c23)S1(=O)=O. The lowest BCUT2D eigenvalue weighted by Gasteiger charge is -2.34. The molecule has 1 heterocycles. The van der Waals surface area contributed by atoms with Crippen molar-refractivity contribution >= 4 is 54.2 Å². The molecule has 0 radical (unpaired) electrons. The van der Waals surface area contributed by atoms with Gasteiger partial charge in [-0.2, -0.15) is 0 Å². The normalized spacial score (nSPS) is 14.5. The van der Waals surface area contributed by atoms with Gasteiger partial charge in [-0.15, -0.1) is 0 Å². The van der Waals surface area contributed by atoms with Crippen LogP contribution in [0.4, 0.5) is 5.69 Å². The van der Waals surface area contributed by atoms with E-state index in [1.165, 1.54) is 4.31 Å². The predicted octanol–water partition coefficient (Wildman–Crippen LogP) is 6.45. The van der Waals surface area contributed by atoms with Crippen LogP contribution in [0.1, 0.15) is 44.7 Å². The van der Waals surface area contributed by atoms with Crippen LogP contribution in [0.15, 0.2) is 100 Å². The molecule has 4 aromatic rings. The van der Waals surface area contributed by atoms with Crippen molar-refractivity contribution in [3.05, 3.63) is 107 Å². The molecule has 1 atom stereocenters. The molecular formula is C34H36BrN3O4S. The van der Waals surface area contributed by atoms with Crippen molar-refractivity contribution in [3.63, 3.8) is 0 Å². The van der Waals surface area contributed by atoms with Crippen molar-refractivity contribution in [1.82, 2.24) is 10.2 Å². The molecule has 9 heteroatoms. The van der Waals surface area contributed by atoms with E-state index in [2.05, 4.69) is 21.2 Å². The Balaban J connectivity index is 1.41. The fourth-order valence-corrected chi connectivity index (χ4v) is 7.75. The Labute approximate surface area is 262 Å². The van der Waals surface area contributed by atoms with Crippen LogP contribution in [0.25, 0.3) is 10.8 Å². The Kier molecular flexibility index (Phi) is 8.94. The highest BCUT2D eigenvalue weighted by Gasteiger charge is 2.36. The van der Waals surface area contributed by atoms with Gasteiger partial charge in [0.25, 0.3) is 10.0 Å². The monoisotopic (exact) mass is 661 g/mol. The van der Waals surface area contributed by atoms with Crippen LogP contribution < -0.4 is 9.62 Å². The second kappa shape index (κ2) is 12.5. The number of rotatable bonds is 10. The first kappa shape index (κ1) is 30.8. The third kappa shape index (κ3) is 6.94. The summed E-state index contributed by atoms with van der Waals surface area (Å²) < 4.78 is 29.2. The molecule has 0 fully saturated rings. The lowest BCUT2D eigenvalue weighted by atomic mass is 10.00. The molecule has 4 aromatic carbocycles. The predicted molar refractivity (Wildman–Crippen MR) is 174 cm³/mol. The van der Waals surface area contributed by atoms with Gasteiger partial charge in [-0.1, -0.05) is 82.7 Å². The van der Waals surface area contributed by atoms with Gasteiger partial charge in [0.05, 0.1) is 10.6 Å². The topological polar surface area (TPSA) is 86.8 Å². The van der Waals surface area contributed by atoms with E-state index in [-0.39, 0.29) is 31.3 Å². The van der Waals surface area contributed by atoms with E-state index in [1.807, 2.05) is 99.6 Å². The number of amides is 2. The first-order valence-electron chi connectivity index (χ1n) is 14.4. The molecule has 0 spiro atoms. The Morgan fingerprint density at radius 1 is 0.907 bits per heavy atom. The Bertz CT molecular complexity index is 1750. The van der Waals surface area contributed by atoms with E-state index in [0.29, 0.717) is 23.4 Å². The van der Waals surface area contributed by atoms with E-state index in [9.17, 15) is 18.0 Å². The number of nitrogens with one attached hydrogen (secondary N) is 1. The first-order valence-corrected chi connectivity index (χ1v) is 16.6. The number of sulfonamides is 1. The van der Waals surface area contributed by atoms with Crippen LogP contribution in [0.3, 0.4) is 0 Å². The second-order valence-electron chi connectivity index (χ2n) is 11.9. The van der Waals surface area contributed by atoms with Crippen molar-refractivity contribution in [2.75, 3.05) is 10.8 Å². The standard InChI is InChI=1S/C34H36BrN3O4S/c1-34(2,3)36-33(40)29(22-24-11-5-4-6-12-24)37(23-25-13-7-16-27(35)21-25)31(39)19-10-20-38-28-17-8-14-26-15-9-18-30(32(26)28)43(38,41)42/h4-9,11-18,21,29H,10,19-20,22-23H2,1-3H3,(H,36,40). The van der Waals surface area contributed by atoms with Crippen molar-refractivity contribution in [1.29, 1.82) is 0 Å². The molecule has 5 rings (SSSR count). The van der Waals surface area contributed by atoms with Crippen LogP contribution in [0, 0.1) is 0 Å². The largest absolute Gasteiger partial charge is 0.350 e. The summed E-state index contributed by atoms with van der Waals surface area (Å²) in [4.78, 5) is 29.7. The maximum absolute atomic E-state index is 14.0. The number of benzene rings is 4. The maximum atomic E-state index is 14.0. The summed E-state index contributed by atoms with van der Waals surface area (Å²) in [5.74, 6) is -0.443. The molecule has 0 aromatic heterocycles. The van der Waals surface area contributed by atoms with Crippen molar-refractivity contribution in [3.8, 4) is 0 Å².